The molecule has 21 heavy (non-hydrogen) atoms. The van der Waals surface area contributed by atoms with Crippen LogP contribution in [0.15, 0.2) is 6.20 Å². The van der Waals surface area contributed by atoms with E-state index in [2.05, 4.69) is 20.9 Å². The summed E-state index contributed by atoms with van der Waals surface area (Å²) in [4.78, 5) is 35.0. The third-order valence-electron chi connectivity index (χ3n) is 3.18. The molecule has 1 aliphatic rings. The quantitative estimate of drug-likeness (QED) is 0.614. The average Bonchev–Trinajstić information content (AvgIpc) is 2.86. The number of nitrogens with zero attached hydrogens (tertiary/aromatic N) is 4. The van der Waals surface area contributed by atoms with Crippen molar-refractivity contribution in [2.75, 3.05) is 26.7 Å². The van der Waals surface area contributed by atoms with Crippen molar-refractivity contribution in [3.63, 3.8) is 0 Å². The zero-order valence-electron chi connectivity index (χ0n) is 11.4. The van der Waals surface area contributed by atoms with Gasteiger partial charge < -0.3 is 10.4 Å². The Hall–Kier alpha value is -2.49. The van der Waals surface area contributed by atoms with Crippen molar-refractivity contribution in [2.24, 2.45) is 0 Å². The normalized spacial score (nSPS) is 15.3. The first kappa shape index (κ1) is 14.9. The molecule has 1 aromatic heterocycles. The summed E-state index contributed by atoms with van der Waals surface area (Å²) in [5.41, 5.74) is -0.0848. The van der Waals surface area contributed by atoms with Crippen molar-refractivity contribution in [2.45, 2.75) is 12.5 Å². The van der Waals surface area contributed by atoms with Gasteiger partial charge in [0.1, 0.15) is 0 Å². The molecule has 1 aromatic rings. The van der Waals surface area contributed by atoms with Crippen molar-refractivity contribution in [3.05, 3.63) is 11.9 Å². The van der Waals surface area contributed by atoms with Crippen LogP contribution in [0.4, 0.5) is 4.79 Å². The van der Waals surface area contributed by atoms with E-state index in [0.717, 1.165) is 0 Å². The molecule has 0 aliphatic carbocycles. The number of nitrogens with one attached hydrogen (secondary N) is 2. The van der Waals surface area contributed by atoms with Crippen LogP contribution < -0.4 is 10.6 Å². The van der Waals surface area contributed by atoms with Crippen LogP contribution in [-0.4, -0.2) is 69.6 Å². The maximum absolute atomic E-state index is 11.4. The van der Waals surface area contributed by atoms with E-state index >= 15 is 0 Å². The maximum Gasteiger partial charge on any atom is 0.358 e. The largest absolute Gasteiger partial charge is 0.476 e. The molecule has 0 atom stereocenters. The molecule has 10 heteroatoms. The van der Waals surface area contributed by atoms with Gasteiger partial charge in [-0.2, -0.15) is 0 Å². The number of carbonyl (C=O) groups is 3. The molecule has 0 saturated carbocycles. The second kappa shape index (κ2) is 6.31. The van der Waals surface area contributed by atoms with Gasteiger partial charge >= 0.3 is 12.0 Å². The lowest BCUT2D eigenvalue weighted by Gasteiger charge is -2.38. The van der Waals surface area contributed by atoms with Crippen LogP contribution in [0, 0.1) is 0 Å². The van der Waals surface area contributed by atoms with Gasteiger partial charge in [-0.05, 0) is 0 Å². The highest BCUT2D eigenvalue weighted by atomic mass is 16.4. The van der Waals surface area contributed by atoms with Gasteiger partial charge in [-0.25, -0.2) is 14.3 Å². The lowest BCUT2D eigenvalue weighted by Crippen LogP contribution is -2.49. The lowest BCUT2D eigenvalue weighted by molar-refractivity contribution is -0.120. The molecular weight excluding hydrogens is 280 g/mol. The van der Waals surface area contributed by atoms with Crippen LogP contribution in [0.1, 0.15) is 23.0 Å². The van der Waals surface area contributed by atoms with E-state index in [1.165, 1.54) is 17.9 Å². The predicted octanol–water partition coefficient (Wildman–Crippen LogP) is -1.32. The first-order chi connectivity index (χ1) is 9.99. The fraction of sp³-hybridized carbons (Fsp3) is 0.545. The third-order valence-corrected chi connectivity index (χ3v) is 3.18. The van der Waals surface area contributed by atoms with Crippen LogP contribution in [-0.2, 0) is 4.79 Å². The van der Waals surface area contributed by atoms with Gasteiger partial charge in [0.2, 0.25) is 5.91 Å². The zero-order chi connectivity index (χ0) is 15.4. The van der Waals surface area contributed by atoms with Gasteiger partial charge in [-0.3, -0.25) is 15.0 Å². The number of hydrogen-bond acceptors (Lipinski definition) is 6. The molecule has 0 radical (unpaired) electrons. The minimum atomic E-state index is -1.11. The molecule has 2 heterocycles. The van der Waals surface area contributed by atoms with Crippen LogP contribution in [0.25, 0.3) is 0 Å². The number of rotatable bonds is 5. The molecular formula is C11H16N6O4. The van der Waals surface area contributed by atoms with Gasteiger partial charge in [0.05, 0.1) is 12.2 Å². The Morgan fingerprint density at radius 1 is 1.43 bits per heavy atom. The smallest absolute Gasteiger partial charge is 0.358 e. The van der Waals surface area contributed by atoms with Crippen molar-refractivity contribution in [1.29, 1.82) is 0 Å². The van der Waals surface area contributed by atoms with Crippen LogP contribution >= 0.6 is 0 Å². The topological polar surface area (TPSA) is 129 Å². The minimum absolute atomic E-state index is 0.0626. The molecule has 0 bridgehead atoms. The molecule has 1 saturated heterocycles. The number of aromatic carboxylic acids is 1. The summed E-state index contributed by atoms with van der Waals surface area (Å²) < 4.78 is 1.52. The molecule has 114 valence electrons. The van der Waals surface area contributed by atoms with Crippen LogP contribution in [0.3, 0.4) is 0 Å². The summed E-state index contributed by atoms with van der Waals surface area (Å²) in [5.74, 6) is -1.45. The van der Waals surface area contributed by atoms with Crippen molar-refractivity contribution < 1.29 is 19.5 Å². The Morgan fingerprint density at radius 3 is 2.71 bits per heavy atom. The number of aromatic nitrogens is 3. The average molecular weight is 296 g/mol. The molecule has 3 amide bonds. The maximum atomic E-state index is 11.4. The van der Waals surface area contributed by atoms with E-state index in [1.54, 1.807) is 0 Å². The van der Waals surface area contributed by atoms with Gasteiger partial charge in [-0.1, -0.05) is 5.21 Å². The first-order valence-electron chi connectivity index (χ1n) is 6.38. The molecule has 1 fully saturated rings. The number of likely N-dealkylation sites (tertiary alicyclic amines) is 1. The number of carbonyl (C=O) groups excluding carboxylic acids is 2. The zero-order valence-corrected chi connectivity index (χ0v) is 11.4. The van der Waals surface area contributed by atoms with E-state index in [0.29, 0.717) is 19.6 Å². The summed E-state index contributed by atoms with van der Waals surface area (Å²) in [6.45, 7) is 1.85. The van der Waals surface area contributed by atoms with Gasteiger partial charge in [0, 0.05) is 33.1 Å². The van der Waals surface area contributed by atoms with E-state index in [9.17, 15) is 14.4 Å². The molecule has 1 aliphatic heterocycles. The Labute approximate surface area is 120 Å². The molecule has 3 N–H and O–H groups in total. The Morgan fingerprint density at radius 2 is 2.14 bits per heavy atom. The third kappa shape index (κ3) is 3.75. The highest BCUT2D eigenvalue weighted by molar-refractivity contribution is 5.94. The van der Waals surface area contributed by atoms with Crippen LogP contribution in [0.5, 0.6) is 0 Å². The summed E-state index contributed by atoms with van der Waals surface area (Å²) in [6.07, 6.45) is 1.61. The van der Waals surface area contributed by atoms with Gasteiger partial charge in [0.15, 0.2) is 5.69 Å². The number of amides is 3. The van der Waals surface area contributed by atoms with E-state index in [1.807, 2.05) is 4.90 Å². The fourth-order valence-corrected chi connectivity index (χ4v) is 1.96. The monoisotopic (exact) mass is 296 g/mol. The summed E-state index contributed by atoms with van der Waals surface area (Å²) in [5, 5.41) is 20.6. The number of urea groups is 1. The van der Waals surface area contributed by atoms with Crippen LogP contribution in [0.2, 0.25) is 0 Å². The minimum Gasteiger partial charge on any atom is -0.476 e. The van der Waals surface area contributed by atoms with Gasteiger partial charge in [-0.15, -0.1) is 5.10 Å². The second-order valence-electron chi connectivity index (χ2n) is 4.68. The number of carboxylic acids is 1. The molecule has 10 nitrogen and oxygen atoms in total. The molecule has 0 unspecified atom stereocenters. The van der Waals surface area contributed by atoms with Crippen molar-refractivity contribution >= 4 is 17.9 Å². The first-order valence-corrected chi connectivity index (χ1v) is 6.38. The summed E-state index contributed by atoms with van der Waals surface area (Å²) in [7, 11) is 1.44. The van der Waals surface area contributed by atoms with Crippen molar-refractivity contribution in [3.8, 4) is 0 Å². The Kier molecular flexibility index (Phi) is 4.48. The predicted molar refractivity (Wildman–Crippen MR) is 69.7 cm³/mol. The highest BCUT2D eigenvalue weighted by Gasteiger charge is 2.29. The molecule has 2 rings (SSSR count). The molecule has 0 spiro atoms. The molecule has 0 aromatic carbocycles. The number of hydrogen-bond donors (Lipinski definition) is 3. The summed E-state index contributed by atoms with van der Waals surface area (Å²) >= 11 is 0. The standard InChI is InChI=1S/C11H16N6O4/c1-12-11(21)13-9(18)2-3-16-4-7(5-16)17-6-8(10(19)20)14-15-17/h6-7H,2-5H2,1H3,(H,19,20)(H2,12,13,18,21). The number of imide groups is 1. The lowest BCUT2D eigenvalue weighted by atomic mass is 10.1. The van der Waals surface area contributed by atoms with Crippen molar-refractivity contribution in [1.82, 2.24) is 30.5 Å². The van der Waals surface area contributed by atoms with E-state index < -0.39 is 12.0 Å². The van der Waals surface area contributed by atoms with Gasteiger partial charge in [0.25, 0.3) is 0 Å². The van der Waals surface area contributed by atoms with E-state index in [4.69, 9.17) is 5.11 Å². The fourth-order valence-electron chi connectivity index (χ4n) is 1.96. The Bertz CT molecular complexity index is 551. The highest BCUT2D eigenvalue weighted by Crippen LogP contribution is 2.20. The Balaban J connectivity index is 1.70. The second-order valence-corrected chi connectivity index (χ2v) is 4.68. The number of carboxylic acid groups (broad SMARTS) is 1. The SMILES string of the molecule is CNC(=O)NC(=O)CCN1CC(n2cc(C(=O)O)nn2)C1. The summed E-state index contributed by atoms with van der Waals surface area (Å²) in [6, 6.07) is -0.460. The van der Waals surface area contributed by atoms with E-state index in [-0.39, 0.29) is 24.1 Å².